The van der Waals surface area contributed by atoms with Gasteiger partial charge in [-0.3, -0.25) is 4.79 Å². The van der Waals surface area contributed by atoms with Gasteiger partial charge in [0.25, 0.3) is 0 Å². The number of likely N-dealkylation sites (tertiary alicyclic amines) is 1. The van der Waals surface area contributed by atoms with E-state index in [4.69, 9.17) is 0 Å². The van der Waals surface area contributed by atoms with Crippen molar-refractivity contribution in [3.05, 3.63) is 0 Å². The molecule has 2 aliphatic rings. The second-order valence-corrected chi connectivity index (χ2v) is 9.65. The van der Waals surface area contributed by atoms with E-state index in [2.05, 4.69) is 17.1 Å². The Kier molecular flexibility index (Phi) is 10.6. The normalized spacial score (nSPS) is 19.8. The number of amides is 2. The minimum absolute atomic E-state index is 0.0420. The van der Waals surface area contributed by atoms with Crippen molar-refractivity contribution >= 4 is 22.9 Å². The summed E-state index contributed by atoms with van der Waals surface area (Å²) in [4.78, 5) is 28.3. The van der Waals surface area contributed by atoms with Crippen LogP contribution >= 0.6 is 11.8 Å². The Hall–Kier alpha value is -0.750. The number of hydrogen-bond acceptors (Lipinski definition) is 4. The molecular formula is C21H39N3O2S. The van der Waals surface area contributed by atoms with Crippen molar-refractivity contribution in [3.8, 4) is 0 Å². The summed E-state index contributed by atoms with van der Waals surface area (Å²) in [6, 6.07) is 0.0420. The third kappa shape index (κ3) is 9.33. The fourth-order valence-electron chi connectivity index (χ4n) is 4.15. The van der Waals surface area contributed by atoms with Gasteiger partial charge in [0.05, 0.1) is 0 Å². The summed E-state index contributed by atoms with van der Waals surface area (Å²) < 4.78 is 0. The quantitative estimate of drug-likeness (QED) is 0.639. The van der Waals surface area contributed by atoms with Crippen LogP contribution in [0.25, 0.3) is 0 Å². The molecule has 2 amide bonds. The van der Waals surface area contributed by atoms with Gasteiger partial charge < -0.3 is 15.1 Å². The van der Waals surface area contributed by atoms with Crippen LogP contribution in [0.3, 0.4) is 0 Å². The van der Waals surface area contributed by atoms with Crippen molar-refractivity contribution in [2.45, 2.75) is 65.2 Å². The first-order chi connectivity index (χ1) is 13.0. The summed E-state index contributed by atoms with van der Waals surface area (Å²) in [6.07, 6.45) is 10.3. The molecule has 1 aliphatic heterocycles. The highest BCUT2D eigenvalue weighted by Gasteiger charge is 2.19. The van der Waals surface area contributed by atoms with Gasteiger partial charge in [0.1, 0.15) is 0 Å². The lowest BCUT2D eigenvalue weighted by Gasteiger charge is -2.31. The third-order valence-electron chi connectivity index (χ3n) is 6.07. The molecule has 0 unspecified atom stereocenters. The number of nitrogens with one attached hydrogen (secondary N) is 1. The Labute approximate surface area is 170 Å². The third-order valence-corrected chi connectivity index (χ3v) is 6.86. The predicted molar refractivity (Wildman–Crippen MR) is 114 cm³/mol. The van der Waals surface area contributed by atoms with Crippen LogP contribution < -0.4 is 5.32 Å². The zero-order valence-electron chi connectivity index (χ0n) is 17.4. The highest BCUT2D eigenvalue weighted by atomic mass is 32.2. The smallest absolute Gasteiger partial charge is 0.317 e. The van der Waals surface area contributed by atoms with Gasteiger partial charge >= 0.3 is 6.03 Å². The van der Waals surface area contributed by atoms with Crippen molar-refractivity contribution in [1.29, 1.82) is 0 Å². The zero-order valence-corrected chi connectivity index (χ0v) is 18.2. The summed E-state index contributed by atoms with van der Waals surface area (Å²) in [7, 11) is 0. The molecule has 1 aliphatic carbocycles. The number of hydrogen-bond donors (Lipinski definition) is 1. The summed E-state index contributed by atoms with van der Waals surface area (Å²) in [5, 5.41) is 3.25. The van der Waals surface area contributed by atoms with E-state index in [1.54, 1.807) is 6.92 Å². The number of piperidine rings is 1. The van der Waals surface area contributed by atoms with Crippen LogP contribution in [0.1, 0.15) is 65.2 Å². The molecule has 0 radical (unpaired) electrons. The fraction of sp³-hybridized carbons (Fsp3) is 0.905. The van der Waals surface area contributed by atoms with Gasteiger partial charge in [-0.25, -0.2) is 4.79 Å². The molecule has 2 fully saturated rings. The minimum atomic E-state index is 0.0420. The van der Waals surface area contributed by atoms with Crippen LogP contribution in [-0.2, 0) is 4.79 Å². The number of thioether (sulfide) groups is 1. The maximum absolute atomic E-state index is 12.7. The van der Waals surface area contributed by atoms with Crippen LogP contribution in [0, 0.1) is 11.8 Å². The number of nitrogens with zero attached hydrogens (tertiary/aromatic N) is 2. The van der Waals surface area contributed by atoms with E-state index in [1.165, 1.54) is 56.7 Å². The summed E-state index contributed by atoms with van der Waals surface area (Å²) in [5.41, 5.74) is 0. The van der Waals surface area contributed by atoms with Crippen LogP contribution in [0.2, 0.25) is 0 Å². The molecular weight excluding hydrogens is 358 g/mol. The number of carbonyl (C=O) groups excluding carboxylic acids is 2. The van der Waals surface area contributed by atoms with Crippen molar-refractivity contribution in [1.82, 2.24) is 15.1 Å². The first kappa shape index (κ1) is 22.5. The van der Waals surface area contributed by atoms with Gasteiger partial charge in [-0.1, -0.05) is 50.8 Å². The molecule has 27 heavy (non-hydrogen) atoms. The van der Waals surface area contributed by atoms with Crippen LogP contribution in [0.4, 0.5) is 4.79 Å². The summed E-state index contributed by atoms with van der Waals surface area (Å²) >= 11 is 1.32. The Bertz CT molecular complexity index is 447. The molecule has 6 heteroatoms. The maximum Gasteiger partial charge on any atom is 0.317 e. The van der Waals surface area contributed by atoms with Crippen LogP contribution in [0.15, 0.2) is 0 Å². The molecule has 0 spiro atoms. The van der Waals surface area contributed by atoms with Crippen LogP contribution in [0.5, 0.6) is 0 Å². The summed E-state index contributed by atoms with van der Waals surface area (Å²) in [6.45, 7) is 9.35. The standard InChI is InChI=1S/C21H39N3O2S/c1-18-8-12-23(13-9-18)15-11-22-21(26)24(16-17-27-19(2)25)14-10-20-6-4-3-5-7-20/h18,20H,3-17H2,1-2H3,(H,22,26). The second kappa shape index (κ2) is 12.7. The van der Waals surface area contributed by atoms with Gasteiger partial charge in [-0.2, -0.15) is 0 Å². The highest BCUT2D eigenvalue weighted by molar-refractivity contribution is 8.13. The van der Waals surface area contributed by atoms with Crippen molar-refractivity contribution < 1.29 is 9.59 Å². The average Bonchev–Trinajstić information content (AvgIpc) is 2.66. The average molecular weight is 398 g/mol. The van der Waals surface area contributed by atoms with Crippen molar-refractivity contribution in [2.75, 3.05) is 45.0 Å². The molecule has 0 aromatic heterocycles. The number of carbonyl (C=O) groups is 2. The fourth-order valence-corrected chi connectivity index (χ4v) is 4.75. The molecule has 2 rings (SSSR count). The lowest BCUT2D eigenvalue weighted by atomic mass is 9.87. The van der Waals surface area contributed by atoms with E-state index >= 15 is 0 Å². The van der Waals surface area contributed by atoms with E-state index < -0.39 is 0 Å². The monoisotopic (exact) mass is 397 g/mol. The maximum atomic E-state index is 12.7. The molecule has 1 heterocycles. The highest BCUT2D eigenvalue weighted by Crippen LogP contribution is 2.26. The van der Waals surface area contributed by atoms with Gasteiger partial charge in [-0.15, -0.1) is 0 Å². The first-order valence-electron chi connectivity index (χ1n) is 10.9. The first-order valence-corrected chi connectivity index (χ1v) is 11.9. The topological polar surface area (TPSA) is 52.7 Å². The molecule has 0 atom stereocenters. The van der Waals surface area contributed by atoms with Gasteiger partial charge in [0.15, 0.2) is 5.12 Å². The Morgan fingerprint density at radius 3 is 2.44 bits per heavy atom. The largest absolute Gasteiger partial charge is 0.337 e. The Morgan fingerprint density at radius 1 is 1.07 bits per heavy atom. The van der Waals surface area contributed by atoms with Gasteiger partial charge in [0, 0.05) is 38.9 Å². The molecule has 0 aromatic carbocycles. The summed E-state index contributed by atoms with van der Waals surface area (Å²) in [5.74, 6) is 2.30. The molecule has 0 bridgehead atoms. The van der Waals surface area contributed by atoms with E-state index in [0.717, 1.165) is 44.4 Å². The molecule has 156 valence electrons. The van der Waals surface area contributed by atoms with E-state index in [9.17, 15) is 9.59 Å². The van der Waals surface area contributed by atoms with Crippen molar-refractivity contribution in [3.63, 3.8) is 0 Å². The molecule has 1 saturated carbocycles. The lowest BCUT2D eigenvalue weighted by Crippen LogP contribution is -2.45. The molecule has 0 aromatic rings. The van der Waals surface area contributed by atoms with Crippen LogP contribution in [-0.4, -0.2) is 66.0 Å². The Morgan fingerprint density at radius 2 is 1.78 bits per heavy atom. The van der Waals surface area contributed by atoms with Gasteiger partial charge in [0.2, 0.25) is 0 Å². The predicted octanol–water partition coefficient (Wildman–Crippen LogP) is 3.98. The van der Waals surface area contributed by atoms with Crippen molar-refractivity contribution in [2.24, 2.45) is 11.8 Å². The van der Waals surface area contributed by atoms with Gasteiger partial charge in [-0.05, 0) is 44.2 Å². The Balaban J connectivity index is 1.71. The second-order valence-electron chi connectivity index (χ2n) is 8.38. The number of rotatable bonds is 9. The molecule has 5 nitrogen and oxygen atoms in total. The van der Waals surface area contributed by atoms with E-state index in [-0.39, 0.29) is 11.1 Å². The SMILES string of the molecule is CC(=O)SCCN(CCC1CCCCC1)C(=O)NCCN1CCC(C)CC1. The lowest BCUT2D eigenvalue weighted by molar-refractivity contribution is -0.109. The minimum Gasteiger partial charge on any atom is -0.337 e. The zero-order chi connectivity index (χ0) is 19.5. The molecule has 1 N–H and O–H groups in total. The molecule has 1 saturated heterocycles. The van der Waals surface area contributed by atoms with E-state index in [0.29, 0.717) is 18.8 Å². The van der Waals surface area contributed by atoms with E-state index in [1.807, 2.05) is 4.90 Å². The number of urea groups is 1.